The molecule has 170 valence electrons. The van der Waals surface area contributed by atoms with E-state index in [1.54, 1.807) is 30.3 Å². The third-order valence-electron chi connectivity index (χ3n) is 5.77. The van der Waals surface area contributed by atoms with Crippen LogP contribution in [0, 0.1) is 0 Å². The number of methoxy groups -OCH3 is 2. The molecule has 1 N–H and O–H groups in total. The molecule has 0 saturated carbocycles. The van der Waals surface area contributed by atoms with Crippen molar-refractivity contribution in [1.29, 1.82) is 0 Å². The number of hydrogen-bond acceptors (Lipinski definition) is 7. The summed E-state index contributed by atoms with van der Waals surface area (Å²) in [4.78, 5) is 33.8. The van der Waals surface area contributed by atoms with Crippen molar-refractivity contribution in [2.45, 2.75) is 19.9 Å². The molecule has 0 radical (unpaired) electrons. The van der Waals surface area contributed by atoms with Crippen molar-refractivity contribution in [3.8, 4) is 11.5 Å². The lowest BCUT2D eigenvalue weighted by Gasteiger charge is -2.28. The first-order valence-electron chi connectivity index (χ1n) is 10.6. The minimum absolute atomic E-state index is 0.0490. The van der Waals surface area contributed by atoms with Gasteiger partial charge in [-0.05, 0) is 42.9 Å². The maximum absolute atomic E-state index is 13.1. The Labute approximate surface area is 188 Å². The van der Waals surface area contributed by atoms with Gasteiger partial charge in [0.1, 0.15) is 5.76 Å². The number of likely N-dealkylation sites (tertiary alicyclic amines) is 1. The summed E-state index contributed by atoms with van der Waals surface area (Å²) in [7, 11) is 3.06. The topological polar surface area (TPSA) is 92.2 Å². The molecule has 1 aliphatic rings. The van der Waals surface area contributed by atoms with Crippen molar-refractivity contribution in [3.63, 3.8) is 0 Å². The molecule has 32 heavy (non-hydrogen) atoms. The Kier molecular flexibility index (Phi) is 7.48. The van der Waals surface area contributed by atoms with E-state index in [1.165, 1.54) is 31.5 Å². The predicted molar refractivity (Wildman–Crippen MR) is 121 cm³/mol. The Bertz CT molecular complexity index is 1000. The van der Waals surface area contributed by atoms with Gasteiger partial charge in [-0.2, -0.15) is 0 Å². The lowest BCUT2D eigenvalue weighted by atomic mass is 9.95. The van der Waals surface area contributed by atoms with Crippen LogP contribution in [0.4, 0.5) is 0 Å². The summed E-state index contributed by atoms with van der Waals surface area (Å²) in [6, 6.07) is 7.69. The number of pyridine rings is 1. The Morgan fingerprint density at radius 1 is 1.06 bits per heavy atom. The number of nitrogens with zero attached hydrogens (tertiary/aromatic N) is 3. The maximum atomic E-state index is 13.1. The summed E-state index contributed by atoms with van der Waals surface area (Å²) < 4.78 is 10.8. The molecule has 0 unspecified atom stereocenters. The summed E-state index contributed by atoms with van der Waals surface area (Å²) in [5, 5.41) is 11.0. The Morgan fingerprint density at radius 2 is 1.72 bits per heavy atom. The quantitative estimate of drug-likeness (QED) is 0.365. The van der Waals surface area contributed by atoms with E-state index < -0.39 is 17.7 Å². The van der Waals surface area contributed by atoms with Gasteiger partial charge in [0, 0.05) is 31.0 Å². The van der Waals surface area contributed by atoms with E-state index in [2.05, 4.69) is 9.88 Å². The standard InChI is InChI=1S/C24H29N3O5/c1-5-26(6-2)13-14-27-21(17-7-8-18(31-3)19(15-17)32-4)20(23(29)24(27)30)22(28)16-9-11-25-12-10-16/h7-12,15,21,28H,5-6,13-14H2,1-4H3/b22-20+/t21-/m1/s1. The summed E-state index contributed by atoms with van der Waals surface area (Å²) >= 11 is 0. The van der Waals surface area contributed by atoms with Crippen LogP contribution in [0.1, 0.15) is 31.0 Å². The molecule has 3 rings (SSSR count). The van der Waals surface area contributed by atoms with Gasteiger partial charge in [0.25, 0.3) is 11.7 Å². The molecule has 1 amide bonds. The first-order valence-corrected chi connectivity index (χ1v) is 10.6. The van der Waals surface area contributed by atoms with E-state index in [9.17, 15) is 14.7 Å². The molecule has 8 nitrogen and oxygen atoms in total. The van der Waals surface area contributed by atoms with Crippen molar-refractivity contribution < 1.29 is 24.2 Å². The highest BCUT2D eigenvalue weighted by Gasteiger charge is 2.46. The van der Waals surface area contributed by atoms with E-state index >= 15 is 0 Å². The van der Waals surface area contributed by atoms with Crippen molar-refractivity contribution in [2.75, 3.05) is 40.4 Å². The molecule has 2 heterocycles. The van der Waals surface area contributed by atoms with E-state index in [4.69, 9.17) is 9.47 Å². The third kappa shape index (κ3) is 4.45. The van der Waals surface area contributed by atoms with Crippen molar-refractivity contribution >= 4 is 17.4 Å². The highest BCUT2D eigenvalue weighted by atomic mass is 16.5. The smallest absolute Gasteiger partial charge is 0.295 e. The van der Waals surface area contributed by atoms with Crippen LogP contribution >= 0.6 is 0 Å². The number of aromatic nitrogens is 1. The Morgan fingerprint density at radius 3 is 2.31 bits per heavy atom. The van der Waals surface area contributed by atoms with Crippen molar-refractivity contribution in [1.82, 2.24) is 14.8 Å². The number of ketones is 1. The second-order valence-electron chi connectivity index (χ2n) is 7.37. The third-order valence-corrected chi connectivity index (χ3v) is 5.77. The summed E-state index contributed by atoms with van der Waals surface area (Å²) in [6.07, 6.45) is 3.05. The first-order chi connectivity index (χ1) is 15.5. The molecule has 1 saturated heterocycles. The van der Waals surface area contributed by atoms with Gasteiger partial charge in [0.2, 0.25) is 0 Å². The van der Waals surface area contributed by atoms with Gasteiger partial charge >= 0.3 is 0 Å². The number of rotatable bonds is 9. The molecule has 1 aromatic carbocycles. The minimum atomic E-state index is -0.751. The second-order valence-corrected chi connectivity index (χ2v) is 7.37. The monoisotopic (exact) mass is 439 g/mol. The zero-order valence-corrected chi connectivity index (χ0v) is 18.9. The number of carbonyl (C=O) groups excluding carboxylic acids is 2. The summed E-state index contributed by atoms with van der Waals surface area (Å²) in [5.74, 6) is -0.559. The second kappa shape index (κ2) is 10.3. The Balaban J connectivity index is 2.13. The number of aliphatic hydroxyl groups excluding tert-OH is 1. The van der Waals surface area contributed by atoms with E-state index in [1.807, 2.05) is 13.8 Å². The molecule has 1 atom stereocenters. The molecule has 1 aromatic heterocycles. The lowest BCUT2D eigenvalue weighted by Crippen LogP contribution is -2.38. The van der Waals surface area contributed by atoms with Crippen LogP contribution in [0.5, 0.6) is 11.5 Å². The average molecular weight is 440 g/mol. The largest absolute Gasteiger partial charge is 0.507 e. The van der Waals surface area contributed by atoms with Gasteiger partial charge in [-0.15, -0.1) is 0 Å². The fourth-order valence-electron chi connectivity index (χ4n) is 3.93. The van der Waals surface area contributed by atoms with Crippen molar-refractivity contribution in [3.05, 3.63) is 59.4 Å². The molecule has 1 fully saturated rings. The molecule has 2 aromatic rings. The summed E-state index contributed by atoms with van der Waals surface area (Å²) in [5.41, 5.74) is 1.12. The predicted octanol–water partition coefficient (Wildman–Crippen LogP) is 2.86. The molecular weight excluding hydrogens is 410 g/mol. The Hall–Kier alpha value is -3.39. The zero-order chi connectivity index (χ0) is 23.3. The van der Waals surface area contributed by atoms with Gasteiger partial charge in [-0.25, -0.2) is 0 Å². The fourth-order valence-corrected chi connectivity index (χ4v) is 3.93. The van der Waals surface area contributed by atoms with Crippen LogP contribution in [0.15, 0.2) is 48.3 Å². The number of ether oxygens (including phenoxy) is 2. The van der Waals surface area contributed by atoms with Crippen molar-refractivity contribution in [2.24, 2.45) is 0 Å². The number of benzene rings is 1. The van der Waals surface area contributed by atoms with Crippen LogP contribution in [-0.2, 0) is 9.59 Å². The number of Topliss-reactive ketones (excluding diaryl/α,β-unsaturated/α-hetero) is 1. The molecule has 0 bridgehead atoms. The van der Waals surface area contributed by atoms with Gasteiger partial charge < -0.3 is 24.4 Å². The number of carbonyl (C=O) groups is 2. The molecule has 8 heteroatoms. The van der Waals surface area contributed by atoms with E-state index in [0.29, 0.717) is 35.7 Å². The molecule has 0 aliphatic carbocycles. The van der Waals surface area contributed by atoms with Crippen LogP contribution in [0.3, 0.4) is 0 Å². The van der Waals surface area contributed by atoms with Crippen LogP contribution in [-0.4, -0.2) is 72.0 Å². The van der Waals surface area contributed by atoms with Crippen LogP contribution in [0.2, 0.25) is 0 Å². The minimum Gasteiger partial charge on any atom is -0.507 e. The number of aliphatic hydroxyl groups is 1. The van der Waals surface area contributed by atoms with Gasteiger partial charge in [0.05, 0.1) is 25.8 Å². The van der Waals surface area contributed by atoms with Crippen LogP contribution < -0.4 is 9.47 Å². The molecule has 1 aliphatic heterocycles. The van der Waals surface area contributed by atoms with Gasteiger partial charge in [0.15, 0.2) is 11.5 Å². The van der Waals surface area contributed by atoms with Gasteiger partial charge in [-0.3, -0.25) is 14.6 Å². The number of likely N-dealkylation sites (N-methyl/N-ethyl adjacent to an activating group) is 1. The number of hydrogen-bond donors (Lipinski definition) is 1. The van der Waals surface area contributed by atoms with Gasteiger partial charge in [-0.1, -0.05) is 19.9 Å². The normalized spacial score (nSPS) is 17.8. The molecule has 0 spiro atoms. The highest BCUT2D eigenvalue weighted by molar-refractivity contribution is 6.46. The number of amides is 1. The summed E-state index contributed by atoms with van der Waals surface area (Å²) in [6.45, 7) is 6.72. The fraction of sp³-hybridized carbons (Fsp3) is 0.375. The first kappa shape index (κ1) is 23.3. The van der Waals surface area contributed by atoms with E-state index in [0.717, 1.165) is 13.1 Å². The van der Waals surface area contributed by atoms with E-state index in [-0.39, 0.29) is 11.3 Å². The SMILES string of the molecule is CCN(CC)CCN1C(=O)C(=O)/C(=C(/O)c2ccncc2)[C@H]1c1ccc(OC)c(OC)c1. The lowest BCUT2D eigenvalue weighted by molar-refractivity contribution is -0.140. The molecular formula is C24H29N3O5. The zero-order valence-electron chi connectivity index (χ0n) is 18.9. The maximum Gasteiger partial charge on any atom is 0.295 e. The van der Waals surface area contributed by atoms with Crippen LogP contribution in [0.25, 0.3) is 5.76 Å². The average Bonchev–Trinajstić information content (AvgIpc) is 3.09. The highest BCUT2D eigenvalue weighted by Crippen LogP contribution is 2.41.